The Hall–Kier alpha value is -1.87. The van der Waals surface area contributed by atoms with Gasteiger partial charge in [-0.25, -0.2) is 4.39 Å². The zero-order valence-corrected chi connectivity index (χ0v) is 12.8. The van der Waals surface area contributed by atoms with Crippen LogP contribution in [0, 0.1) is 21.7 Å². The molecule has 0 N–H and O–H groups in total. The van der Waals surface area contributed by atoms with Crippen LogP contribution in [0.1, 0.15) is 16.6 Å². The molecule has 1 heterocycles. The van der Waals surface area contributed by atoms with Gasteiger partial charge in [0.25, 0.3) is 5.06 Å². The molecule has 2 rings (SSSR count). The number of Topliss-reactive ketones (excluding diaryl/α,β-unsaturated/α-hetero) is 1. The smallest absolute Gasteiger partial charge is 0.323 e. The van der Waals surface area contributed by atoms with Gasteiger partial charge in [-0.2, -0.15) is 4.39 Å². The third-order valence-electron chi connectivity index (χ3n) is 2.39. The van der Waals surface area contributed by atoms with Gasteiger partial charge in [-0.3, -0.25) is 14.9 Å². The molecule has 0 saturated heterocycles. The number of hydrogen-bond donors (Lipinski definition) is 0. The molecule has 0 unspecified atom stereocenters. The van der Waals surface area contributed by atoms with Crippen molar-refractivity contribution in [1.82, 2.24) is 0 Å². The van der Waals surface area contributed by atoms with Gasteiger partial charge >= 0.3 is 5.69 Å². The number of halogens is 3. The molecule has 0 aliphatic heterocycles. The lowest BCUT2D eigenvalue weighted by atomic mass is 10.3. The maximum atomic E-state index is 13.6. The van der Waals surface area contributed by atoms with E-state index in [1.807, 2.05) is 0 Å². The minimum Gasteiger partial charge on any atom is -0.437 e. The predicted octanol–water partition coefficient (Wildman–Crippen LogP) is 4.69. The highest BCUT2D eigenvalue weighted by molar-refractivity contribution is 9.10. The Bertz CT molecular complexity index is 747. The van der Waals surface area contributed by atoms with Crippen LogP contribution < -0.4 is 4.74 Å². The largest absolute Gasteiger partial charge is 0.437 e. The van der Waals surface area contributed by atoms with Crippen molar-refractivity contribution in [2.75, 3.05) is 0 Å². The van der Waals surface area contributed by atoms with E-state index in [2.05, 4.69) is 15.9 Å². The molecule has 2 aromatic rings. The number of rotatable bonds is 4. The molecular formula is C12H6BrF2NO4S. The first kappa shape index (κ1) is 15.5. The van der Waals surface area contributed by atoms with Gasteiger partial charge in [-0.05, 0) is 19.1 Å². The molecule has 0 amide bonds. The average molecular weight is 378 g/mol. The lowest BCUT2D eigenvalue weighted by molar-refractivity contribution is -0.385. The molecule has 110 valence electrons. The van der Waals surface area contributed by atoms with Gasteiger partial charge in [0.1, 0.15) is 0 Å². The Morgan fingerprint density at radius 3 is 2.62 bits per heavy atom. The van der Waals surface area contributed by atoms with Crippen molar-refractivity contribution >= 4 is 38.7 Å². The van der Waals surface area contributed by atoms with Crippen LogP contribution in [0.5, 0.6) is 10.8 Å². The summed E-state index contributed by atoms with van der Waals surface area (Å²) >= 11 is 3.66. The van der Waals surface area contributed by atoms with Crippen molar-refractivity contribution in [3.8, 4) is 10.8 Å². The summed E-state index contributed by atoms with van der Waals surface area (Å²) < 4.78 is 32.2. The van der Waals surface area contributed by atoms with Crippen molar-refractivity contribution in [2.24, 2.45) is 0 Å². The van der Waals surface area contributed by atoms with Crippen molar-refractivity contribution in [1.29, 1.82) is 0 Å². The standard InChI is InChI=1S/C12H6BrF2NO4S/c1-5(17)10-4-8(16(18)19)12(21-10)20-9-3-6(13)2-7(14)11(9)15/h2-4H,1H3. The lowest BCUT2D eigenvalue weighted by Crippen LogP contribution is -1.93. The highest BCUT2D eigenvalue weighted by atomic mass is 79.9. The van der Waals surface area contributed by atoms with Crippen molar-refractivity contribution in [2.45, 2.75) is 6.92 Å². The Kier molecular flexibility index (Phi) is 4.33. The van der Waals surface area contributed by atoms with Crippen LogP contribution in [-0.4, -0.2) is 10.7 Å². The molecule has 0 atom stereocenters. The first-order valence-electron chi connectivity index (χ1n) is 5.41. The molecular weight excluding hydrogens is 372 g/mol. The van der Waals surface area contributed by atoms with Crippen LogP contribution in [0.15, 0.2) is 22.7 Å². The summed E-state index contributed by atoms with van der Waals surface area (Å²) in [7, 11) is 0. The number of carbonyl (C=O) groups excluding carboxylic acids is 1. The minimum absolute atomic E-state index is 0.0903. The number of thiophene rings is 1. The van der Waals surface area contributed by atoms with Crippen molar-refractivity contribution in [3.63, 3.8) is 0 Å². The Balaban J connectivity index is 2.48. The van der Waals surface area contributed by atoms with E-state index in [-0.39, 0.29) is 20.2 Å². The van der Waals surface area contributed by atoms with E-state index < -0.39 is 28.0 Å². The molecule has 9 heteroatoms. The first-order chi connectivity index (χ1) is 9.79. The van der Waals surface area contributed by atoms with Gasteiger partial charge in [0.05, 0.1) is 9.80 Å². The lowest BCUT2D eigenvalue weighted by Gasteiger charge is -2.05. The number of hydrogen-bond acceptors (Lipinski definition) is 5. The second-order valence-electron chi connectivity index (χ2n) is 3.90. The van der Waals surface area contributed by atoms with Crippen LogP contribution in [0.4, 0.5) is 14.5 Å². The summed E-state index contributed by atoms with van der Waals surface area (Å²) in [6, 6.07) is 3.07. The zero-order chi connectivity index (χ0) is 15.7. The monoisotopic (exact) mass is 377 g/mol. The summed E-state index contributed by atoms with van der Waals surface area (Å²) in [6.45, 7) is 1.23. The number of carbonyl (C=O) groups is 1. The van der Waals surface area contributed by atoms with E-state index in [9.17, 15) is 23.7 Å². The Morgan fingerprint density at radius 2 is 2.05 bits per heavy atom. The SMILES string of the molecule is CC(=O)c1cc([N+](=O)[O-])c(Oc2cc(Br)cc(F)c2F)s1. The summed E-state index contributed by atoms with van der Waals surface area (Å²) in [4.78, 5) is 21.5. The fourth-order valence-electron chi connectivity index (χ4n) is 1.45. The number of ether oxygens (including phenoxy) is 1. The fourth-order valence-corrected chi connectivity index (χ4v) is 2.74. The molecule has 5 nitrogen and oxygen atoms in total. The molecule has 1 aromatic carbocycles. The first-order valence-corrected chi connectivity index (χ1v) is 7.02. The van der Waals surface area contributed by atoms with Crippen LogP contribution >= 0.6 is 27.3 Å². The molecule has 1 aromatic heterocycles. The zero-order valence-electron chi connectivity index (χ0n) is 10.4. The topological polar surface area (TPSA) is 69.4 Å². The van der Waals surface area contributed by atoms with E-state index in [1.165, 1.54) is 6.92 Å². The number of benzene rings is 1. The maximum absolute atomic E-state index is 13.6. The van der Waals surface area contributed by atoms with E-state index >= 15 is 0 Å². The maximum Gasteiger partial charge on any atom is 0.323 e. The highest BCUT2D eigenvalue weighted by Gasteiger charge is 2.24. The molecule has 0 aliphatic rings. The van der Waals surface area contributed by atoms with Gasteiger partial charge in [0.15, 0.2) is 17.3 Å². The summed E-state index contributed by atoms with van der Waals surface area (Å²) in [5.74, 6) is -3.34. The van der Waals surface area contributed by atoms with E-state index in [4.69, 9.17) is 4.74 Å². The molecule has 0 fully saturated rings. The summed E-state index contributed by atoms with van der Waals surface area (Å²) in [5.41, 5.74) is -0.481. The predicted molar refractivity (Wildman–Crippen MR) is 75.1 cm³/mol. The molecule has 0 spiro atoms. The fraction of sp³-hybridized carbons (Fsp3) is 0.0833. The second-order valence-corrected chi connectivity index (χ2v) is 5.83. The molecule has 21 heavy (non-hydrogen) atoms. The number of nitrogens with zero attached hydrogens (tertiary/aromatic N) is 1. The van der Waals surface area contributed by atoms with Crippen LogP contribution in [0.2, 0.25) is 0 Å². The third kappa shape index (κ3) is 3.24. The van der Waals surface area contributed by atoms with Gasteiger partial charge in [-0.1, -0.05) is 27.3 Å². The molecule has 0 aliphatic carbocycles. The summed E-state index contributed by atoms with van der Waals surface area (Å²) in [5, 5.41) is 10.6. The quantitative estimate of drug-likeness (QED) is 0.335. The minimum atomic E-state index is -1.27. The van der Waals surface area contributed by atoms with E-state index in [0.717, 1.165) is 18.2 Å². The van der Waals surface area contributed by atoms with Crippen LogP contribution in [0.3, 0.4) is 0 Å². The third-order valence-corrected chi connectivity index (χ3v) is 3.95. The number of nitro groups is 1. The van der Waals surface area contributed by atoms with Crippen LogP contribution in [-0.2, 0) is 0 Å². The van der Waals surface area contributed by atoms with Crippen molar-refractivity contribution in [3.05, 3.63) is 49.3 Å². The second kappa shape index (κ2) is 5.86. The summed E-state index contributed by atoms with van der Waals surface area (Å²) in [6.07, 6.45) is 0. The normalized spacial score (nSPS) is 10.5. The van der Waals surface area contributed by atoms with Crippen molar-refractivity contribution < 1.29 is 23.2 Å². The van der Waals surface area contributed by atoms with E-state index in [1.54, 1.807) is 0 Å². The van der Waals surface area contributed by atoms with Gasteiger partial charge < -0.3 is 4.74 Å². The highest BCUT2D eigenvalue weighted by Crippen LogP contribution is 2.41. The van der Waals surface area contributed by atoms with Gasteiger partial charge in [0.2, 0.25) is 5.82 Å². The van der Waals surface area contributed by atoms with Crippen LogP contribution in [0.25, 0.3) is 0 Å². The molecule has 0 radical (unpaired) electrons. The average Bonchev–Trinajstić information content (AvgIpc) is 2.79. The van der Waals surface area contributed by atoms with E-state index in [0.29, 0.717) is 11.3 Å². The van der Waals surface area contributed by atoms with Gasteiger partial charge in [-0.15, -0.1) is 0 Å². The van der Waals surface area contributed by atoms with Gasteiger partial charge in [0, 0.05) is 10.5 Å². The molecule has 0 bridgehead atoms. The molecule has 0 saturated carbocycles. The number of ketones is 1. The Labute approximate surface area is 129 Å². The Morgan fingerprint density at radius 1 is 1.38 bits per heavy atom.